The zero-order chi connectivity index (χ0) is 20.7. The minimum absolute atomic E-state index is 0.182. The summed E-state index contributed by atoms with van der Waals surface area (Å²) in [7, 11) is 1.85. The van der Waals surface area contributed by atoms with Gasteiger partial charge in [-0.05, 0) is 42.1 Å². The molecule has 0 aliphatic carbocycles. The smallest absolute Gasteiger partial charge is 0.258 e. The number of pyridine rings is 1. The Morgan fingerprint density at radius 1 is 1.24 bits per heavy atom. The molecule has 2 aromatic heterocycles. The molecule has 0 aliphatic rings. The molecule has 0 unspecified atom stereocenters. The van der Waals surface area contributed by atoms with Gasteiger partial charge in [0, 0.05) is 19.3 Å². The molecule has 4 rings (SSSR count). The molecule has 2 aromatic carbocycles. The highest BCUT2D eigenvalue weighted by Crippen LogP contribution is 2.34. The highest BCUT2D eigenvalue weighted by molar-refractivity contribution is 6.39. The second-order valence-electron chi connectivity index (χ2n) is 6.70. The first-order chi connectivity index (χ1) is 13.9. The molecule has 0 atom stereocenters. The Bertz CT molecular complexity index is 1320. The summed E-state index contributed by atoms with van der Waals surface area (Å²) >= 11 is 12.6. The molecule has 0 radical (unpaired) electrons. The van der Waals surface area contributed by atoms with Gasteiger partial charge in [-0.3, -0.25) is 4.79 Å². The molecule has 0 spiro atoms. The first kappa shape index (κ1) is 19.5. The molecule has 148 valence electrons. The molecule has 8 heteroatoms. The van der Waals surface area contributed by atoms with Gasteiger partial charge in [-0.15, -0.1) is 0 Å². The molecule has 0 bridgehead atoms. The van der Waals surface area contributed by atoms with Crippen LogP contribution in [-0.2, 0) is 7.05 Å². The Balaban J connectivity index is 1.95. The molecule has 29 heavy (non-hydrogen) atoms. The average Bonchev–Trinajstić information content (AvgIpc) is 3.02. The molecular formula is C21H19Cl2N5O. The van der Waals surface area contributed by atoms with Gasteiger partial charge in [-0.25, -0.2) is 4.98 Å². The number of nitrogens with one attached hydrogen (secondary N) is 2. The number of aromatic amines is 1. The van der Waals surface area contributed by atoms with E-state index >= 15 is 0 Å². The fraction of sp³-hybridized carbons (Fsp3) is 0.143. The summed E-state index contributed by atoms with van der Waals surface area (Å²) in [6, 6.07) is 9.09. The van der Waals surface area contributed by atoms with Gasteiger partial charge >= 0.3 is 0 Å². The van der Waals surface area contributed by atoms with Crippen LogP contribution in [0.5, 0.6) is 0 Å². The highest BCUT2D eigenvalue weighted by Gasteiger charge is 2.17. The second kappa shape index (κ2) is 7.55. The van der Waals surface area contributed by atoms with E-state index in [1.807, 2.05) is 42.8 Å². The number of nitrogens with zero attached hydrogens (tertiary/aromatic N) is 2. The van der Waals surface area contributed by atoms with Gasteiger partial charge in [0.25, 0.3) is 5.56 Å². The molecule has 0 fully saturated rings. The Morgan fingerprint density at radius 2 is 1.97 bits per heavy atom. The summed E-state index contributed by atoms with van der Waals surface area (Å²) in [5, 5.41) is 5.60. The van der Waals surface area contributed by atoms with E-state index in [0.29, 0.717) is 39.1 Å². The first-order valence-corrected chi connectivity index (χ1v) is 9.77. The maximum Gasteiger partial charge on any atom is 0.258 e. The third-order valence-corrected chi connectivity index (χ3v) is 5.57. The standard InChI is InChI=1S/C21H19Cl2N5O/c1-11-12-8-9-16-19(17(12)20(29)25-15(11)7-4-10-24)28(2)21(26-16)27-18-13(22)5-3-6-14(18)23/h3-9H,10,24H2,1-2H3,(H,25,29)(H,26,27)/b7-4+. The van der Waals surface area contributed by atoms with Gasteiger partial charge in [0.2, 0.25) is 5.95 Å². The number of anilines is 2. The molecule has 0 saturated carbocycles. The fourth-order valence-corrected chi connectivity index (χ4v) is 3.96. The second-order valence-corrected chi connectivity index (χ2v) is 7.52. The Morgan fingerprint density at radius 3 is 2.66 bits per heavy atom. The maximum atomic E-state index is 12.9. The molecule has 0 saturated heterocycles. The number of halogens is 2. The van der Waals surface area contributed by atoms with E-state index in [0.717, 1.165) is 22.2 Å². The van der Waals surface area contributed by atoms with Crippen LogP contribution < -0.4 is 16.6 Å². The van der Waals surface area contributed by atoms with Crippen molar-refractivity contribution in [3.63, 3.8) is 0 Å². The molecule has 4 N–H and O–H groups in total. The Labute approximate surface area is 177 Å². The van der Waals surface area contributed by atoms with Crippen LogP contribution in [0.15, 0.2) is 41.2 Å². The van der Waals surface area contributed by atoms with Crippen LogP contribution in [0.1, 0.15) is 11.3 Å². The molecule has 0 aliphatic heterocycles. The van der Waals surface area contributed by atoms with Gasteiger partial charge < -0.3 is 20.6 Å². The number of benzene rings is 2. The number of aromatic nitrogens is 3. The van der Waals surface area contributed by atoms with Crippen LogP contribution in [-0.4, -0.2) is 21.1 Å². The van der Waals surface area contributed by atoms with Crippen LogP contribution in [0.2, 0.25) is 10.0 Å². The van der Waals surface area contributed by atoms with Gasteiger partial charge in [0.1, 0.15) is 0 Å². The minimum Gasteiger partial charge on any atom is -0.327 e. The third-order valence-electron chi connectivity index (χ3n) is 4.94. The largest absolute Gasteiger partial charge is 0.327 e. The maximum absolute atomic E-state index is 12.9. The van der Waals surface area contributed by atoms with E-state index in [4.69, 9.17) is 28.9 Å². The lowest BCUT2D eigenvalue weighted by Gasteiger charge is -2.11. The van der Waals surface area contributed by atoms with Crippen molar-refractivity contribution in [1.29, 1.82) is 0 Å². The van der Waals surface area contributed by atoms with Crippen molar-refractivity contribution < 1.29 is 0 Å². The van der Waals surface area contributed by atoms with Crippen molar-refractivity contribution in [2.24, 2.45) is 12.8 Å². The van der Waals surface area contributed by atoms with Crippen molar-refractivity contribution >= 4 is 62.7 Å². The molecule has 0 amide bonds. The van der Waals surface area contributed by atoms with Gasteiger partial charge in [0.05, 0.1) is 32.2 Å². The van der Waals surface area contributed by atoms with Crippen LogP contribution in [0.25, 0.3) is 27.9 Å². The number of nitrogens with two attached hydrogens (primary N) is 1. The normalized spacial score (nSPS) is 11.8. The zero-order valence-corrected chi connectivity index (χ0v) is 17.4. The number of H-pyrrole nitrogens is 1. The highest BCUT2D eigenvalue weighted by atomic mass is 35.5. The summed E-state index contributed by atoms with van der Waals surface area (Å²) in [5.41, 5.74) is 9.07. The lowest BCUT2D eigenvalue weighted by Crippen LogP contribution is -2.11. The quantitative estimate of drug-likeness (QED) is 0.438. The predicted octanol–water partition coefficient (Wildman–Crippen LogP) is 4.75. The number of imidazole rings is 1. The van der Waals surface area contributed by atoms with Crippen molar-refractivity contribution in [2.45, 2.75) is 6.92 Å². The molecular weight excluding hydrogens is 409 g/mol. The first-order valence-electron chi connectivity index (χ1n) is 9.02. The number of hydrogen-bond acceptors (Lipinski definition) is 4. The predicted molar refractivity (Wildman–Crippen MR) is 121 cm³/mol. The summed E-state index contributed by atoms with van der Waals surface area (Å²) in [5.74, 6) is 0.534. The van der Waals surface area contributed by atoms with Crippen molar-refractivity contribution in [3.8, 4) is 0 Å². The van der Waals surface area contributed by atoms with Crippen molar-refractivity contribution in [3.05, 3.63) is 68.1 Å². The number of fused-ring (bicyclic) bond motifs is 3. The Kier molecular flexibility index (Phi) is 5.08. The SMILES string of the molecule is Cc1c(/C=C/CN)[nH]c(=O)c2c1ccc1nc(Nc3c(Cl)cccc3Cl)n(C)c12. The average molecular weight is 428 g/mol. The number of para-hydroxylation sites is 1. The molecule has 6 nitrogen and oxygen atoms in total. The van der Waals surface area contributed by atoms with Crippen LogP contribution in [0, 0.1) is 6.92 Å². The molecule has 4 aromatic rings. The number of rotatable bonds is 4. The minimum atomic E-state index is -0.182. The van der Waals surface area contributed by atoms with E-state index in [1.165, 1.54) is 0 Å². The monoisotopic (exact) mass is 427 g/mol. The summed E-state index contributed by atoms with van der Waals surface area (Å²) in [6.07, 6.45) is 3.64. The van der Waals surface area contributed by atoms with Gasteiger partial charge in [-0.2, -0.15) is 0 Å². The van der Waals surface area contributed by atoms with E-state index in [9.17, 15) is 4.79 Å². The third kappa shape index (κ3) is 3.29. The summed E-state index contributed by atoms with van der Waals surface area (Å²) in [6.45, 7) is 2.37. The lowest BCUT2D eigenvalue weighted by atomic mass is 10.0. The van der Waals surface area contributed by atoms with Crippen LogP contribution in [0.4, 0.5) is 11.6 Å². The lowest BCUT2D eigenvalue weighted by molar-refractivity contribution is 0.960. The van der Waals surface area contributed by atoms with Gasteiger partial charge in [0.15, 0.2) is 0 Å². The van der Waals surface area contributed by atoms with E-state index in [-0.39, 0.29) is 5.56 Å². The van der Waals surface area contributed by atoms with Crippen LogP contribution in [0.3, 0.4) is 0 Å². The van der Waals surface area contributed by atoms with Crippen molar-refractivity contribution in [1.82, 2.24) is 14.5 Å². The van der Waals surface area contributed by atoms with E-state index in [1.54, 1.807) is 18.2 Å². The number of hydrogen-bond donors (Lipinski definition) is 3. The van der Waals surface area contributed by atoms with Gasteiger partial charge in [-0.1, -0.05) is 41.4 Å². The van der Waals surface area contributed by atoms with Crippen LogP contribution >= 0.6 is 23.2 Å². The Hall–Kier alpha value is -2.80. The fourth-order valence-electron chi connectivity index (χ4n) is 3.46. The van der Waals surface area contributed by atoms with E-state index in [2.05, 4.69) is 15.3 Å². The number of aryl methyl sites for hydroxylation is 2. The zero-order valence-electron chi connectivity index (χ0n) is 15.9. The van der Waals surface area contributed by atoms with Crippen molar-refractivity contribution in [2.75, 3.05) is 11.9 Å². The summed E-state index contributed by atoms with van der Waals surface area (Å²) < 4.78 is 1.83. The van der Waals surface area contributed by atoms with E-state index < -0.39 is 0 Å². The topological polar surface area (TPSA) is 88.7 Å². The molecule has 2 heterocycles. The summed E-state index contributed by atoms with van der Waals surface area (Å²) in [4.78, 5) is 20.5.